The highest BCUT2D eigenvalue weighted by Crippen LogP contribution is 2.13. The number of sulfone groups is 1. The van der Waals surface area contributed by atoms with E-state index in [1.807, 2.05) is 6.92 Å². The van der Waals surface area contributed by atoms with Gasteiger partial charge in [-0.3, -0.25) is 9.59 Å². The number of carbonyl (C=O) groups excluding carboxylic acids is 2. The molecule has 0 atom stereocenters. The summed E-state index contributed by atoms with van der Waals surface area (Å²) in [5, 5.41) is 3.15. The van der Waals surface area contributed by atoms with E-state index in [9.17, 15) is 18.0 Å². The summed E-state index contributed by atoms with van der Waals surface area (Å²) >= 11 is 5.86. The number of carbonyl (C=O) groups is 2. The number of hydrogen-bond acceptors (Lipinski definition) is 5. The van der Waals surface area contributed by atoms with Crippen LogP contribution in [-0.4, -0.2) is 32.7 Å². The molecule has 0 fully saturated rings. The van der Waals surface area contributed by atoms with Crippen LogP contribution in [0.2, 0.25) is 5.02 Å². The van der Waals surface area contributed by atoms with E-state index in [1.165, 1.54) is 12.1 Å². The zero-order valence-corrected chi connectivity index (χ0v) is 16.3. The zero-order chi connectivity index (χ0) is 19.9. The second kappa shape index (κ2) is 9.53. The molecule has 1 amide bonds. The number of amides is 1. The molecule has 0 saturated heterocycles. The molecule has 0 aliphatic heterocycles. The summed E-state index contributed by atoms with van der Waals surface area (Å²) < 4.78 is 29.2. The van der Waals surface area contributed by atoms with Crippen LogP contribution in [0.15, 0.2) is 53.4 Å². The van der Waals surface area contributed by atoms with Crippen molar-refractivity contribution in [2.45, 2.75) is 24.8 Å². The standard InChI is InChI=1S/C19H20ClNO5S/c1-14-5-7-17(8-6-14)27(24,25)10-9-19(23)26-13-18(22)21-12-15-3-2-4-16(20)11-15/h2-8,11H,9-10,12-13H2,1H3,(H,21,22). The van der Waals surface area contributed by atoms with E-state index in [4.69, 9.17) is 16.3 Å². The topological polar surface area (TPSA) is 89.5 Å². The fraction of sp³-hybridized carbons (Fsp3) is 0.263. The van der Waals surface area contributed by atoms with Crippen LogP contribution in [0.3, 0.4) is 0 Å². The van der Waals surface area contributed by atoms with Gasteiger partial charge in [0.25, 0.3) is 5.91 Å². The Labute approximate surface area is 163 Å². The van der Waals surface area contributed by atoms with Gasteiger partial charge < -0.3 is 10.1 Å². The molecule has 27 heavy (non-hydrogen) atoms. The number of halogens is 1. The Morgan fingerprint density at radius 1 is 1.11 bits per heavy atom. The first-order chi connectivity index (χ1) is 12.8. The van der Waals surface area contributed by atoms with E-state index in [2.05, 4.69) is 5.32 Å². The monoisotopic (exact) mass is 409 g/mol. The molecule has 8 heteroatoms. The summed E-state index contributed by atoms with van der Waals surface area (Å²) in [5.41, 5.74) is 1.75. The maximum Gasteiger partial charge on any atom is 0.307 e. The highest BCUT2D eigenvalue weighted by molar-refractivity contribution is 7.91. The van der Waals surface area contributed by atoms with Crippen LogP contribution in [0.5, 0.6) is 0 Å². The third kappa shape index (κ3) is 7.03. The molecular weight excluding hydrogens is 390 g/mol. The average molecular weight is 410 g/mol. The summed E-state index contributed by atoms with van der Waals surface area (Å²) in [6.45, 7) is 1.63. The predicted octanol–water partition coefficient (Wildman–Crippen LogP) is 2.67. The van der Waals surface area contributed by atoms with E-state index in [0.29, 0.717) is 5.02 Å². The summed E-state index contributed by atoms with van der Waals surface area (Å²) in [7, 11) is -3.57. The number of aryl methyl sites for hydroxylation is 1. The molecule has 2 rings (SSSR count). The first kappa shape index (κ1) is 20.9. The lowest BCUT2D eigenvalue weighted by atomic mass is 10.2. The predicted molar refractivity (Wildman–Crippen MR) is 102 cm³/mol. The molecule has 0 spiro atoms. The second-order valence-electron chi connectivity index (χ2n) is 5.95. The van der Waals surface area contributed by atoms with Crippen molar-refractivity contribution in [3.05, 3.63) is 64.7 Å². The number of esters is 1. The summed E-state index contributed by atoms with van der Waals surface area (Å²) in [4.78, 5) is 23.6. The van der Waals surface area contributed by atoms with Crippen molar-refractivity contribution in [2.24, 2.45) is 0 Å². The lowest BCUT2D eigenvalue weighted by Crippen LogP contribution is -2.28. The Morgan fingerprint density at radius 3 is 2.48 bits per heavy atom. The maximum absolute atomic E-state index is 12.2. The van der Waals surface area contributed by atoms with Crippen molar-refractivity contribution in [3.8, 4) is 0 Å². The van der Waals surface area contributed by atoms with Gasteiger partial charge in [0.15, 0.2) is 16.4 Å². The van der Waals surface area contributed by atoms with E-state index in [0.717, 1.165) is 11.1 Å². The molecule has 6 nitrogen and oxygen atoms in total. The fourth-order valence-electron chi connectivity index (χ4n) is 2.20. The SMILES string of the molecule is Cc1ccc(S(=O)(=O)CCC(=O)OCC(=O)NCc2cccc(Cl)c2)cc1. The van der Waals surface area contributed by atoms with Crippen molar-refractivity contribution >= 4 is 33.3 Å². The third-order valence-corrected chi connectivity index (χ3v) is 5.67. The lowest BCUT2D eigenvalue weighted by Gasteiger charge is -2.08. The minimum absolute atomic E-state index is 0.153. The van der Waals surface area contributed by atoms with E-state index < -0.39 is 28.3 Å². The molecule has 2 aromatic rings. The fourth-order valence-corrected chi connectivity index (χ4v) is 3.63. The van der Waals surface area contributed by atoms with Crippen molar-refractivity contribution in [3.63, 3.8) is 0 Å². The van der Waals surface area contributed by atoms with Crippen LogP contribution in [0.4, 0.5) is 0 Å². The molecule has 0 bridgehead atoms. The minimum atomic E-state index is -3.57. The normalized spacial score (nSPS) is 11.0. The number of hydrogen-bond donors (Lipinski definition) is 1. The van der Waals surface area contributed by atoms with Crippen LogP contribution in [-0.2, 0) is 30.7 Å². The van der Waals surface area contributed by atoms with Crippen LogP contribution in [0.1, 0.15) is 17.5 Å². The smallest absolute Gasteiger partial charge is 0.307 e. The molecule has 0 unspecified atom stereocenters. The van der Waals surface area contributed by atoms with Crippen LogP contribution in [0, 0.1) is 6.92 Å². The Balaban J connectivity index is 1.73. The Morgan fingerprint density at radius 2 is 1.81 bits per heavy atom. The minimum Gasteiger partial charge on any atom is -0.456 e. The van der Waals surface area contributed by atoms with Crippen molar-refractivity contribution in [1.82, 2.24) is 5.32 Å². The highest BCUT2D eigenvalue weighted by atomic mass is 35.5. The Kier molecular flexibility index (Phi) is 7.38. The first-order valence-corrected chi connectivity index (χ1v) is 10.3. The average Bonchev–Trinajstić information content (AvgIpc) is 2.63. The van der Waals surface area contributed by atoms with Gasteiger partial charge >= 0.3 is 5.97 Å². The molecule has 2 aromatic carbocycles. The van der Waals surface area contributed by atoms with Crippen molar-refractivity contribution in [1.29, 1.82) is 0 Å². The molecule has 0 aromatic heterocycles. The third-order valence-electron chi connectivity index (χ3n) is 3.70. The van der Waals surface area contributed by atoms with Gasteiger partial charge in [-0.25, -0.2) is 8.42 Å². The molecule has 1 N–H and O–H groups in total. The highest BCUT2D eigenvalue weighted by Gasteiger charge is 2.17. The van der Waals surface area contributed by atoms with E-state index in [-0.39, 0.29) is 23.6 Å². The van der Waals surface area contributed by atoms with Crippen molar-refractivity contribution < 1.29 is 22.7 Å². The first-order valence-electron chi connectivity index (χ1n) is 8.22. The summed E-state index contributed by atoms with van der Waals surface area (Å²) in [5.74, 6) is -1.60. The van der Waals surface area contributed by atoms with Gasteiger partial charge in [-0.2, -0.15) is 0 Å². The number of nitrogens with one attached hydrogen (secondary N) is 1. The van der Waals surface area contributed by atoms with Gasteiger partial charge in [0.1, 0.15) is 0 Å². The van der Waals surface area contributed by atoms with Crippen LogP contribution in [0.25, 0.3) is 0 Å². The Bertz CT molecular complexity index is 910. The lowest BCUT2D eigenvalue weighted by molar-refractivity contribution is -0.148. The van der Waals surface area contributed by atoms with Gasteiger partial charge in [0.2, 0.25) is 0 Å². The van der Waals surface area contributed by atoms with E-state index >= 15 is 0 Å². The molecule has 144 valence electrons. The molecule has 0 heterocycles. The van der Waals surface area contributed by atoms with Gasteiger partial charge in [-0.15, -0.1) is 0 Å². The van der Waals surface area contributed by atoms with Gasteiger partial charge in [0.05, 0.1) is 17.1 Å². The summed E-state index contributed by atoms with van der Waals surface area (Å²) in [6.07, 6.45) is -0.322. The van der Waals surface area contributed by atoms with Gasteiger partial charge in [-0.05, 0) is 36.8 Å². The molecule has 0 aliphatic carbocycles. The molecule has 0 saturated carbocycles. The quantitative estimate of drug-likeness (QED) is 0.677. The number of benzene rings is 2. The van der Waals surface area contributed by atoms with Gasteiger partial charge in [0, 0.05) is 11.6 Å². The van der Waals surface area contributed by atoms with Crippen molar-refractivity contribution in [2.75, 3.05) is 12.4 Å². The molecular formula is C19H20ClNO5S. The largest absolute Gasteiger partial charge is 0.456 e. The maximum atomic E-state index is 12.2. The summed E-state index contributed by atoms with van der Waals surface area (Å²) in [6, 6.07) is 13.4. The van der Waals surface area contributed by atoms with E-state index in [1.54, 1.807) is 36.4 Å². The Hall–Kier alpha value is -2.38. The van der Waals surface area contributed by atoms with Gasteiger partial charge in [-0.1, -0.05) is 41.4 Å². The van der Waals surface area contributed by atoms with Crippen LogP contribution < -0.4 is 5.32 Å². The number of rotatable bonds is 8. The second-order valence-corrected chi connectivity index (χ2v) is 8.49. The number of ether oxygens (including phenoxy) is 1. The molecule has 0 radical (unpaired) electrons. The molecule has 0 aliphatic rings. The zero-order valence-electron chi connectivity index (χ0n) is 14.8. The van der Waals surface area contributed by atoms with Crippen LogP contribution >= 0.6 is 11.6 Å².